The summed E-state index contributed by atoms with van der Waals surface area (Å²) in [5.74, 6) is 0.736. The summed E-state index contributed by atoms with van der Waals surface area (Å²) in [4.78, 5) is 2.42. The Morgan fingerprint density at radius 2 is 1.86 bits per heavy atom. The summed E-state index contributed by atoms with van der Waals surface area (Å²) in [6.07, 6.45) is 0.579. The van der Waals surface area contributed by atoms with Crippen LogP contribution in [0.2, 0.25) is 0 Å². The highest BCUT2D eigenvalue weighted by molar-refractivity contribution is 7.90. The van der Waals surface area contributed by atoms with E-state index in [1.165, 1.54) is 17.7 Å². The average Bonchev–Trinajstić information content (AvgIpc) is 3.05. The topological polar surface area (TPSA) is 58.6 Å². The molecular weight excluding hydrogens is 477 g/mol. The lowest BCUT2D eigenvalue weighted by Gasteiger charge is -2.39. The zero-order chi connectivity index (χ0) is 24.6. The molecular formula is C26H31F3N2O3S. The van der Waals surface area contributed by atoms with E-state index < -0.39 is 21.8 Å². The first-order valence-electron chi connectivity index (χ1n) is 12.3. The molecule has 0 aromatic heterocycles. The highest BCUT2D eigenvalue weighted by atomic mass is 32.2. The van der Waals surface area contributed by atoms with Gasteiger partial charge in [0.05, 0.1) is 10.8 Å². The number of likely N-dealkylation sites (tertiary alicyclic amines) is 1. The van der Waals surface area contributed by atoms with E-state index in [1.807, 2.05) is 18.2 Å². The van der Waals surface area contributed by atoms with Crippen LogP contribution in [-0.4, -0.2) is 50.9 Å². The third-order valence-corrected chi connectivity index (χ3v) is 9.60. The molecule has 1 heterocycles. The van der Waals surface area contributed by atoms with Gasteiger partial charge in [0.2, 0.25) is 10.0 Å². The molecule has 3 aliphatic rings. The second-order valence-electron chi connectivity index (χ2n) is 9.87. The standard InChI is InChI=1S/C26H31F3N2O3S/c27-26(28,29)20-5-1-4-18(14-20)15-24-23-17-21(9-8-19(23)16-25(24)31-11-3-12-31)34-13-10-30-35(32,33)22-6-2-7-22/h1,4-5,8-9,14,17,22,24-25,30H,2-3,6-7,10-13,15-16H2. The molecule has 35 heavy (non-hydrogen) atoms. The van der Waals surface area contributed by atoms with Gasteiger partial charge in [0.1, 0.15) is 12.4 Å². The molecule has 5 rings (SSSR count). The van der Waals surface area contributed by atoms with Crippen LogP contribution < -0.4 is 9.46 Å². The predicted octanol–water partition coefficient (Wildman–Crippen LogP) is 4.51. The second-order valence-corrected chi connectivity index (χ2v) is 11.9. The van der Waals surface area contributed by atoms with Crippen molar-refractivity contribution >= 4 is 10.0 Å². The molecule has 1 N–H and O–H groups in total. The molecule has 2 aromatic carbocycles. The smallest absolute Gasteiger partial charge is 0.416 e. The Kier molecular flexibility index (Phi) is 6.85. The van der Waals surface area contributed by atoms with Crippen LogP contribution in [0.1, 0.15) is 53.9 Å². The van der Waals surface area contributed by atoms with Crippen molar-refractivity contribution in [3.8, 4) is 5.75 Å². The van der Waals surface area contributed by atoms with E-state index in [0.29, 0.717) is 30.6 Å². The van der Waals surface area contributed by atoms with Crippen molar-refractivity contribution in [2.75, 3.05) is 26.2 Å². The number of hydrogen-bond donors (Lipinski definition) is 1. The number of benzene rings is 2. The molecule has 1 saturated heterocycles. The normalized spacial score (nSPS) is 22.9. The maximum Gasteiger partial charge on any atom is 0.416 e. The van der Waals surface area contributed by atoms with Gasteiger partial charge in [-0.15, -0.1) is 0 Å². The van der Waals surface area contributed by atoms with Crippen LogP contribution in [0.25, 0.3) is 0 Å². The molecule has 5 nitrogen and oxygen atoms in total. The molecule has 1 saturated carbocycles. The van der Waals surface area contributed by atoms with Crippen LogP contribution in [-0.2, 0) is 29.0 Å². The maximum absolute atomic E-state index is 13.3. The lowest BCUT2D eigenvalue weighted by atomic mass is 9.88. The Bertz CT molecular complexity index is 1160. The highest BCUT2D eigenvalue weighted by Gasteiger charge is 2.39. The lowest BCUT2D eigenvalue weighted by Crippen LogP contribution is -2.47. The molecule has 0 spiro atoms. The summed E-state index contributed by atoms with van der Waals surface area (Å²) in [5.41, 5.74) is 2.39. The van der Waals surface area contributed by atoms with E-state index in [2.05, 4.69) is 9.62 Å². The second kappa shape index (κ2) is 9.75. The molecule has 0 radical (unpaired) electrons. The molecule has 2 aliphatic carbocycles. The molecule has 190 valence electrons. The fourth-order valence-corrected chi connectivity index (χ4v) is 6.91. The molecule has 0 amide bonds. The molecule has 9 heteroatoms. The van der Waals surface area contributed by atoms with E-state index in [0.717, 1.165) is 44.0 Å². The van der Waals surface area contributed by atoms with Gasteiger partial charge in [-0.3, -0.25) is 4.90 Å². The van der Waals surface area contributed by atoms with Crippen LogP contribution in [0.15, 0.2) is 42.5 Å². The third-order valence-electron chi connectivity index (χ3n) is 7.64. The van der Waals surface area contributed by atoms with Crippen molar-refractivity contribution in [3.05, 3.63) is 64.7 Å². The zero-order valence-electron chi connectivity index (χ0n) is 19.6. The minimum Gasteiger partial charge on any atom is -0.492 e. The van der Waals surface area contributed by atoms with Crippen molar-refractivity contribution in [1.82, 2.24) is 9.62 Å². The number of nitrogens with one attached hydrogen (secondary N) is 1. The maximum atomic E-state index is 13.3. The largest absolute Gasteiger partial charge is 0.492 e. The summed E-state index contributed by atoms with van der Waals surface area (Å²) in [5, 5.41) is -0.280. The van der Waals surface area contributed by atoms with Crippen molar-refractivity contribution in [2.24, 2.45) is 0 Å². The summed E-state index contributed by atoms with van der Waals surface area (Å²) in [7, 11) is -3.27. The van der Waals surface area contributed by atoms with E-state index in [4.69, 9.17) is 4.74 Å². The summed E-state index contributed by atoms with van der Waals surface area (Å²) in [6, 6.07) is 11.8. The number of sulfonamides is 1. The molecule has 0 bridgehead atoms. The number of hydrogen-bond acceptors (Lipinski definition) is 4. The van der Waals surface area contributed by atoms with Crippen molar-refractivity contribution in [3.63, 3.8) is 0 Å². The first kappa shape index (κ1) is 24.6. The van der Waals surface area contributed by atoms with E-state index >= 15 is 0 Å². The third kappa shape index (κ3) is 5.37. The SMILES string of the molecule is O=S(=O)(NCCOc1ccc2c(c1)C(Cc1cccc(C(F)(F)F)c1)C(N1CCC1)C2)C1CCC1. The van der Waals surface area contributed by atoms with Crippen LogP contribution in [0.4, 0.5) is 13.2 Å². The summed E-state index contributed by atoms with van der Waals surface area (Å²) < 4.78 is 72.6. The van der Waals surface area contributed by atoms with Crippen LogP contribution in [0.5, 0.6) is 5.75 Å². The van der Waals surface area contributed by atoms with Gasteiger partial charge in [0.15, 0.2) is 0 Å². The van der Waals surface area contributed by atoms with Crippen molar-refractivity contribution in [1.29, 1.82) is 0 Å². The highest BCUT2D eigenvalue weighted by Crippen LogP contribution is 2.42. The number of halogens is 3. The monoisotopic (exact) mass is 508 g/mol. The first-order chi connectivity index (χ1) is 16.7. The first-order valence-corrected chi connectivity index (χ1v) is 13.9. The number of ether oxygens (including phenoxy) is 1. The Morgan fingerprint density at radius 3 is 2.51 bits per heavy atom. The Morgan fingerprint density at radius 1 is 1.06 bits per heavy atom. The van der Waals surface area contributed by atoms with Gasteiger partial charge in [-0.05, 0) is 80.1 Å². The van der Waals surface area contributed by atoms with E-state index in [9.17, 15) is 21.6 Å². The fraction of sp³-hybridized carbons (Fsp3) is 0.538. The quantitative estimate of drug-likeness (QED) is 0.507. The van der Waals surface area contributed by atoms with Gasteiger partial charge in [-0.2, -0.15) is 13.2 Å². The van der Waals surface area contributed by atoms with Gasteiger partial charge >= 0.3 is 6.18 Å². The number of alkyl halides is 3. The van der Waals surface area contributed by atoms with E-state index in [-0.39, 0.29) is 30.4 Å². The van der Waals surface area contributed by atoms with Crippen LogP contribution in [0.3, 0.4) is 0 Å². The van der Waals surface area contributed by atoms with E-state index in [1.54, 1.807) is 6.07 Å². The summed E-state index contributed by atoms with van der Waals surface area (Å²) >= 11 is 0. The Balaban J connectivity index is 1.29. The molecule has 2 fully saturated rings. The number of nitrogens with zero attached hydrogens (tertiary/aromatic N) is 1. The minimum atomic E-state index is -4.36. The van der Waals surface area contributed by atoms with Crippen molar-refractivity contribution in [2.45, 2.75) is 61.9 Å². The van der Waals surface area contributed by atoms with Gasteiger partial charge in [0.25, 0.3) is 0 Å². The van der Waals surface area contributed by atoms with Crippen LogP contribution in [0, 0.1) is 0 Å². The molecule has 2 unspecified atom stereocenters. The summed E-state index contributed by atoms with van der Waals surface area (Å²) in [6.45, 7) is 2.46. The molecule has 2 atom stereocenters. The predicted molar refractivity (Wildman–Crippen MR) is 128 cm³/mol. The number of rotatable bonds is 9. The molecule has 1 aliphatic heterocycles. The minimum absolute atomic E-state index is 0.0782. The van der Waals surface area contributed by atoms with Gasteiger partial charge in [-0.25, -0.2) is 13.1 Å². The van der Waals surface area contributed by atoms with Crippen molar-refractivity contribution < 1.29 is 26.3 Å². The molecule has 2 aromatic rings. The van der Waals surface area contributed by atoms with Crippen LogP contribution >= 0.6 is 0 Å². The average molecular weight is 509 g/mol. The Hall–Kier alpha value is -2.10. The fourth-order valence-electron chi connectivity index (χ4n) is 5.35. The zero-order valence-corrected chi connectivity index (χ0v) is 20.4. The lowest BCUT2D eigenvalue weighted by molar-refractivity contribution is -0.137. The van der Waals surface area contributed by atoms with Gasteiger partial charge < -0.3 is 4.74 Å². The number of fused-ring (bicyclic) bond motifs is 1. The van der Waals surface area contributed by atoms with Gasteiger partial charge in [-0.1, -0.05) is 30.7 Å². The van der Waals surface area contributed by atoms with Gasteiger partial charge in [0, 0.05) is 18.5 Å². The Labute approximate surface area is 204 Å².